The summed E-state index contributed by atoms with van der Waals surface area (Å²) in [5.41, 5.74) is 1.32. The fourth-order valence-electron chi connectivity index (χ4n) is 0.534. The molecule has 1 aromatic rings. The zero-order valence-corrected chi connectivity index (χ0v) is 7.60. The van der Waals surface area contributed by atoms with Crippen LogP contribution in [0.15, 0.2) is 30.3 Å². The first-order valence-electron chi connectivity index (χ1n) is 3.05. The first-order chi connectivity index (χ1) is 4.81. The van der Waals surface area contributed by atoms with E-state index in [1.165, 1.54) is 12.7 Å². The predicted molar refractivity (Wildman–Crippen MR) is 49.6 cm³/mol. The summed E-state index contributed by atoms with van der Waals surface area (Å²) in [5, 5.41) is 0. The Bertz CT molecular complexity index is 155. The zero-order chi connectivity index (χ0) is 7.82. The quantitative estimate of drug-likeness (QED) is 0.612. The molecule has 2 nitrogen and oxygen atoms in total. The number of halogens is 1. The Balaban J connectivity index is 0. The van der Waals surface area contributed by atoms with Crippen LogP contribution in [0.1, 0.15) is 5.56 Å². The van der Waals surface area contributed by atoms with Gasteiger partial charge in [0, 0.05) is 0 Å². The molecule has 0 saturated carbocycles. The molecule has 0 atom stereocenters. The van der Waals surface area contributed by atoms with Crippen molar-refractivity contribution in [3.63, 3.8) is 0 Å². The number of nitrogens with two attached hydrogens (primary N) is 1. The normalized spacial score (nSPS) is 7.18. The summed E-state index contributed by atoms with van der Waals surface area (Å²) >= 11 is 0. The van der Waals surface area contributed by atoms with Crippen molar-refractivity contribution in [1.82, 2.24) is 0 Å². The fraction of sp³-hybridized carbons (Fsp3) is 0.250. The molecule has 3 heteroatoms. The minimum Gasteiger partial charge on any atom is -0.308 e. The summed E-state index contributed by atoms with van der Waals surface area (Å²) in [6, 6.07) is 10.3. The lowest BCUT2D eigenvalue weighted by Gasteiger charge is -1.82. The molecule has 0 aliphatic heterocycles. The van der Waals surface area contributed by atoms with Crippen LogP contribution in [0.3, 0.4) is 0 Å². The first kappa shape index (κ1) is 13.1. The average Bonchev–Trinajstić information content (AvgIpc) is 1.91. The summed E-state index contributed by atoms with van der Waals surface area (Å²) < 4.78 is 0. The van der Waals surface area contributed by atoms with Crippen LogP contribution in [0.25, 0.3) is 0 Å². The molecule has 0 spiro atoms. The van der Waals surface area contributed by atoms with Gasteiger partial charge < -0.3 is 4.84 Å². The molecule has 11 heavy (non-hydrogen) atoms. The molecule has 0 radical (unpaired) electrons. The van der Waals surface area contributed by atoms with E-state index < -0.39 is 0 Å². The van der Waals surface area contributed by atoms with Gasteiger partial charge in [-0.2, -0.15) is 0 Å². The van der Waals surface area contributed by atoms with Gasteiger partial charge in [-0.05, 0) is 6.92 Å². The largest absolute Gasteiger partial charge is 0.308 e. The third-order valence-corrected chi connectivity index (χ3v) is 0.940. The third kappa shape index (κ3) is 9.43. The Labute approximate surface area is 73.7 Å². The minimum absolute atomic E-state index is 0. The van der Waals surface area contributed by atoms with Gasteiger partial charge in [0.2, 0.25) is 0 Å². The SMILES string of the molecule is CON.Cc1ccccc1.Cl. The number of rotatable bonds is 0. The molecular formula is C8H14ClNO. The number of aryl methyl sites for hydroxylation is 1. The highest BCUT2D eigenvalue weighted by molar-refractivity contribution is 5.85. The van der Waals surface area contributed by atoms with Crippen molar-refractivity contribution >= 4 is 12.4 Å². The van der Waals surface area contributed by atoms with Crippen molar-refractivity contribution in [3.05, 3.63) is 35.9 Å². The van der Waals surface area contributed by atoms with Crippen LogP contribution in [0, 0.1) is 6.92 Å². The summed E-state index contributed by atoms with van der Waals surface area (Å²) in [6.45, 7) is 2.08. The predicted octanol–water partition coefficient (Wildman–Crippen LogP) is 1.92. The Morgan fingerprint density at radius 3 is 1.73 bits per heavy atom. The lowest BCUT2D eigenvalue weighted by Crippen LogP contribution is -1.86. The minimum atomic E-state index is 0. The van der Waals surface area contributed by atoms with Gasteiger partial charge >= 0.3 is 0 Å². The molecule has 1 aromatic carbocycles. The standard InChI is InChI=1S/C7H8.CH5NO.ClH/c1-7-5-3-2-4-6-7;1-3-2;/h2-6H,1H3;2H2,1H3;1H. The van der Waals surface area contributed by atoms with Crippen LogP contribution in [0.2, 0.25) is 0 Å². The Morgan fingerprint density at radius 1 is 1.18 bits per heavy atom. The molecule has 0 aliphatic carbocycles. The highest BCUT2D eigenvalue weighted by Crippen LogP contribution is 1.92. The Hall–Kier alpha value is -0.570. The topological polar surface area (TPSA) is 35.2 Å². The van der Waals surface area contributed by atoms with Gasteiger partial charge in [-0.3, -0.25) is 0 Å². The molecule has 0 fully saturated rings. The summed E-state index contributed by atoms with van der Waals surface area (Å²) in [6.07, 6.45) is 0. The van der Waals surface area contributed by atoms with Crippen molar-refractivity contribution in [2.24, 2.45) is 5.90 Å². The summed E-state index contributed by atoms with van der Waals surface area (Å²) in [5.74, 6) is 4.35. The maximum atomic E-state index is 4.35. The maximum absolute atomic E-state index is 4.35. The average molecular weight is 176 g/mol. The van der Waals surface area contributed by atoms with Crippen molar-refractivity contribution in [3.8, 4) is 0 Å². The van der Waals surface area contributed by atoms with Crippen molar-refractivity contribution in [1.29, 1.82) is 0 Å². The number of hydrogen-bond donors (Lipinski definition) is 1. The molecule has 0 bridgehead atoms. The zero-order valence-electron chi connectivity index (χ0n) is 6.78. The van der Waals surface area contributed by atoms with E-state index in [0.29, 0.717) is 0 Å². The first-order valence-corrected chi connectivity index (χ1v) is 3.05. The lowest BCUT2D eigenvalue weighted by molar-refractivity contribution is 0.206. The fourth-order valence-corrected chi connectivity index (χ4v) is 0.534. The highest BCUT2D eigenvalue weighted by Gasteiger charge is 1.72. The van der Waals surface area contributed by atoms with Crippen molar-refractivity contribution in [2.45, 2.75) is 6.92 Å². The molecule has 0 unspecified atom stereocenters. The van der Waals surface area contributed by atoms with Crippen LogP contribution in [0.4, 0.5) is 0 Å². The molecule has 0 saturated heterocycles. The molecule has 0 amide bonds. The van der Waals surface area contributed by atoms with E-state index >= 15 is 0 Å². The van der Waals surface area contributed by atoms with E-state index in [9.17, 15) is 0 Å². The van der Waals surface area contributed by atoms with Crippen LogP contribution < -0.4 is 5.90 Å². The monoisotopic (exact) mass is 175 g/mol. The second-order valence-electron chi connectivity index (χ2n) is 1.89. The van der Waals surface area contributed by atoms with E-state index in [-0.39, 0.29) is 12.4 Å². The van der Waals surface area contributed by atoms with Crippen LogP contribution in [-0.4, -0.2) is 7.11 Å². The van der Waals surface area contributed by atoms with Crippen LogP contribution in [0.5, 0.6) is 0 Å². The molecule has 0 aromatic heterocycles. The molecule has 0 heterocycles. The van der Waals surface area contributed by atoms with E-state index in [4.69, 9.17) is 0 Å². The van der Waals surface area contributed by atoms with E-state index in [1.54, 1.807) is 0 Å². The van der Waals surface area contributed by atoms with E-state index in [0.717, 1.165) is 0 Å². The van der Waals surface area contributed by atoms with Gasteiger partial charge in [-0.25, -0.2) is 5.90 Å². The maximum Gasteiger partial charge on any atom is 0.0569 e. The summed E-state index contributed by atoms with van der Waals surface area (Å²) in [7, 11) is 1.40. The van der Waals surface area contributed by atoms with Gasteiger partial charge in [0.1, 0.15) is 0 Å². The second-order valence-corrected chi connectivity index (χ2v) is 1.89. The van der Waals surface area contributed by atoms with Crippen LogP contribution >= 0.6 is 12.4 Å². The molecule has 1 rings (SSSR count). The van der Waals surface area contributed by atoms with E-state index in [1.807, 2.05) is 18.2 Å². The molecule has 64 valence electrons. The molecule has 2 N–H and O–H groups in total. The second kappa shape index (κ2) is 9.43. The van der Waals surface area contributed by atoms with Crippen molar-refractivity contribution in [2.75, 3.05) is 7.11 Å². The van der Waals surface area contributed by atoms with Gasteiger partial charge in [-0.1, -0.05) is 35.9 Å². The van der Waals surface area contributed by atoms with Gasteiger partial charge in [0.05, 0.1) is 7.11 Å². The number of hydrogen-bond acceptors (Lipinski definition) is 2. The third-order valence-electron chi connectivity index (χ3n) is 0.940. The molecular weight excluding hydrogens is 162 g/mol. The smallest absolute Gasteiger partial charge is 0.0569 e. The highest BCUT2D eigenvalue weighted by atomic mass is 35.5. The summed E-state index contributed by atoms with van der Waals surface area (Å²) in [4.78, 5) is 3.75. The van der Waals surface area contributed by atoms with Gasteiger partial charge in [-0.15, -0.1) is 12.4 Å². The van der Waals surface area contributed by atoms with Crippen LogP contribution in [-0.2, 0) is 4.84 Å². The molecule has 0 aliphatic rings. The van der Waals surface area contributed by atoms with Gasteiger partial charge in [0.25, 0.3) is 0 Å². The number of benzene rings is 1. The Kier molecular flexibility index (Phi) is 11.2. The van der Waals surface area contributed by atoms with Crippen molar-refractivity contribution < 1.29 is 4.84 Å². The lowest BCUT2D eigenvalue weighted by atomic mass is 10.2. The Morgan fingerprint density at radius 2 is 1.55 bits per heavy atom. The van der Waals surface area contributed by atoms with Gasteiger partial charge in [0.15, 0.2) is 0 Å². The van der Waals surface area contributed by atoms with E-state index in [2.05, 4.69) is 29.8 Å².